The van der Waals surface area contributed by atoms with E-state index in [0.717, 1.165) is 29.0 Å². The molecule has 1 unspecified atom stereocenters. The molecule has 3 heterocycles. The molecule has 2 aromatic carbocycles. The Morgan fingerprint density at radius 1 is 1.12 bits per heavy atom. The second kappa shape index (κ2) is 7.99. The molecule has 0 saturated heterocycles. The van der Waals surface area contributed by atoms with Gasteiger partial charge in [-0.25, -0.2) is 4.99 Å². The van der Waals surface area contributed by atoms with E-state index < -0.39 is 0 Å². The van der Waals surface area contributed by atoms with Gasteiger partial charge in [0.15, 0.2) is 4.80 Å². The molecule has 1 aliphatic carbocycles. The Morgan fingerprint density at radius 2 is 1.97 bits per heavy atom. The number of phenolic OH excluding ortho intramolecular Hbond substituents is 1. The Bertz CT molecular complexity index is 1630. The van der Waals surface area contributed by atoms with Crippen LogP contribution < -0.4 is 14.9 Å². The summed E-state index contributed by atoms with van der Waals surface area (Å²) in [6, 6.07) is 15.3. The lowest BCUT2D eigenvalue weighted by atomic mass is 9.85. The minimum absolute atomic E-state index is 0.102. The summed E-state index contributed by atoms with van der Waals surface area (Å²) in [5.41, 5.74) is 4.82. The Kier molecular flexibility index (Phi) is 5.07. The first-order chi connectivity index (χ1) is 16.0. The number of nitrogens with zero attached hydrogens (tertiary/aromatic N) is 2. The molecule has 2 aliphatic rings. The second-order valence-electron chi connectivity index (χ2n) is 7.95. The van der Waals surface area contributed by atoms with E-state index in [1.807, 2.05) is 17.5 Å². The molecule has 2 aromatic heterocycles. The van der Waals surface area contributed by atoms with Crippen LogP contribution in [-0.2, 0) is 6.42 Å². The molecule has 8 heteroatoms. The summed E-state index contributed by atoms with van der Waals surface area (Å²) in [5, 5.41) is 13.0. The number of aryl methyl sites for hydroxylation is 1. The van der Waals surface area contributed by atoms with Crippen LogP contribution in [0.2, 0.25) is 10.0 Å². The molecule has 33 heavy (non-hydrogen) atoms. The van der Waals surface area contributed by atoms with Gasteiger partial charge in [-0.05, 0) is 53.6 Å². The van der Waals surface area contributed by atoms with Gasteiger partial charge in [0.25, 0.3) is 5.56 Å². The number of hydrogen-bond donors (Lipinski definition) is 1. The number of fused-ring (bicyclic) bond motifs is 3. The van der Waals surface area contributed by atoms with Crippen molar-refractivity contribution in [1.29, 1.82) is 0 Å². The van der Waals surface area contributed by atoms with Crippen molar-refractivity contribution in [1.82, 2.24) is 4.57 Å². The van der Waals surface area contributed by atoms with Gasteiger partial charge >= 0.3 is 0 Å². The lowest BCUT2D eigenvalue weighted by molar-refractivity contribution is 0.474. The zero-order chi connectivity index (χ0) is 22.7. The monoisotopic (exact) mass is 510 g/mol. The summed E-state index contributed by atoms with van der Waals surface area (Å²) < 4.78 is 2.26. The molecule has 1 N–H and O–H groups in total. The van der Waals surface area contributed by atoms with Crippen LogP contribution in [0, 0.1) is 0 Å². The first-order valence-electron chi connectivity index (χ1n) is 10.4. The van der Waals surface area contributed by atoms with Crippen molar-refractivity contribution in [2.24, 2.45) is 4.99 Å². The third kappa shape index (κ3) is 3.40. The fraction of sp³-hybridized carbons (Fsp3) is 0.120. The highest BCUT2D eigenvalue weighted by atomic mass is 35.5. The Hall–Kier alpha value is -2.64. The van der Waals surface area contributed by atoms with Gasteiger partial charge in [0.2, 0.25) is 0 Å². The zero-order valence-electron chi connectivity index (χ0n) is 17.1. The quantitative estimate of drug-likeness (QED) is 0.392. The normalized spacial score (nSPS) is 17.4. The lowest BCUT2D eigenvalue weighted by Gasteiger charge is -2.30. The van der Waals surface area contributed by atoms with Gasteiger partial charge in [0.1, 0.15) is 5.75 Å². The molecule has 1 aliphatic heterocycles. The van der Waals surface area contributed by atoms with Gasteiger partial charge < -0.3 is 5.11 Å². The standard InChI is InChI=1S/C25H16Cl2N2O2S2/c26-15-10-14(23(30)18(27)12-15)11-20-24(31)29-22(19-6-3-9-32-19)17-8-7-13-4-1-2-5-16(13)21(17)28-25(29)33-20/h1-6,9-12,22,30H,7-8H2/b20-11-. The van der Waals surface area contributed by atoms with Crippen LogP contribution in [0.15, 0.2) is 69.3 Å². The minimum atomic E-state index is -0.191. The van der Waals surface area contributed by atoms with E-state index in [4.69, 9.17) is 28.2 Å². The summed E-state index contributed by atoms with van der Waals surface area (Å²) in [6.07, 6.45) is 3.41. The van der Waals surface area contributed by atoms with Gasteiger partial charge in [-0.2, -0.15) is 0 Å². The number of rotatable bonds is 2. The predicted octanol–water partition coefficient (Wildman–Crippen LogP) is 5.39. The highest BCUT2D eigenvalue weighted by Gasteiger charge is 2.33. The number of thiazole rings is 1. The van der Waals surface area contributed by atoms with Crippen molar-refractivity contribution in [2.45, 2.75) is 18.9 Å². The number of benzene rings is 2. The molecule has 0 spiro atoms. The van der Waals surface area contributed by atoms with Gasteiger partial charge in [0, 0.05) is 21.0 Å². The first kappa shape index (κ1) is 20.9. The minimum Gasteiger partial charge on any atom is -0.506 e. The molecule has 6 rings (SSSR count). The van der Waals surface area contributed by atoms with E-state index in [-0.39, 0.29) is 22.4 Å². The smallest absolute Gasteiger partial charge is 0.271 e. The summed E-state index contributed by atoms with van der Waals surface area (Å²) in [7, 11) is 0. The van der Waals surface area contributed by atoms with E-state index in [0.29, 0.717) is 19.9 Å². The van der Waals surface area contributed by atoms with Crippen molar-refractivity contribution in [3.05, 3.63) is 111 Å². The lowest BCUT2D eigenvalue weighted by Crippen LogP contribution is -2.38. The van der Waals surface area contributed by atoms with E-state index in [2.05, 4.69) is 24.3 Å². The summed E-state index contributed by atoms with van der Waals surface area (Å²) in [4.78, 5) is 20.4. The molecule has 1 atom stereocenters. The highest BCUT2D eigenvalue weighted by Crippen LogP contribution is 2.42. The van der Waals surface area contributed by atoms with Crippen molar-refractivity contribution in [3.63, 3.8) is 0 Å². The average Bonchev–Trinajstić information content (AvgIpc) is 3.44. The molecule has 4 aromatic rings. The van der Waals surface area contributed by atoms with Crippen LogP contribution in [0.3, 0.4) is 0 Å². The maximum Gasteiger partial charge on any atom is 0.271 e. The Labute approximate surface area is 207 Å². The van der Waals surface area contributed by atoms with Gasteiger partial charge in [-0.3, -0.25) is 9.36 Å². The van der Waals surface area contributed by atoms with Crippen LogP contribution in [0.4, 0.5) is 0 Å². The molecule has 0 bridgehead atoms. The van der Waals surface area contributed by atoms with Crippen LogP contribution in [0.25, 0.3) is 11.8 Å². The fourth-order valence-corrected chi connectivity index (χ4v) is 6.90. The maximum atomic E-state index is 13.6. The van der Waals surface area contributed by atoms with Crippen LogP contribution in [0.1, 0.15) is 34.0 Å². The van der Waals surface area contributed by atoms with Crippen molar-refractivity contribution < 1.29 is 5.11 Å². The fourth-order valence-electron chi connectivity index (χ4n) is 4.56. The van der Waals surface area contributed by atoms with Gasteiger partial charge in [-0.1, -0.05) is 64.9 Å². The molecular formula is C25H16Cl2N2O2S2. The zero-order valence-corrected chi connectivity index (χ0v) is 20.2. The first-order valence-corrected chi connectivity index (χ1v) is 12.8. The molecular weight excluding hydrogens is 495 g/mol. The number of halogens is 2. The van der Waals surface area contributed by atoms with Crippen molar-refractivity contribution in [2.75, 3.05) is 0 Å². The number of allylic oxidation sites excluding steroid dienone is 1. The van der Waals surface area contributed by atoms with E-state index in [1.165, 1.54) is 28.5 Å². The number of phenols is 1. The van der Waals surface area contributed by atoms with E-state index in [1.54, 1.807) is 28.0 Å². The molecule has 0 radical (unpaired) electrons. The Morgan fingerprint density at radius 3 is 2.79 bits per heavy atom. The highest BCUT2D eigenvalue weighted by molar-refractivity contribution is 7.10. The van der Waals surface area contributed by atoms with E-state index >= 15 is 0 Å². The Balaban J connectivity index is 1.63. The predicted molar refractivity (Wildman–Crippen MR) is 135 cm³/mol. The third-order valence-electron chi connectivity index (χ3n) is 6.03. The molecule has 0 saturated carbocycles. The molecule has 164 valence electrons. The number of thiophene rings is 1. The summed E-state index contributed by atoms with van der Waals surface area (Å²) in [5.74, 6) is -0.102. The number of hydrogen-bond acceptors (Lipinski definition) is 5. The van der Waals surface area contributed by atoms with Crippen LogP contribution >= 0.6 is 45.9 Å². The van der Waals surface area contributed by atoms with Gasteiger partial charge in [0.05, 0.1) is 21.3 Å². The maximum absolute atomic E-state index is 13.6. The number of aromatic nitrogens is 1. The molecule has 4 nitrogen and oxygen atoms in total. The van der Waals surface area contributed by atoms with Gasteiger partial charge in [-0.15, -0.1) is 11.3 Å². The van der Waals surface area contributed by atoms with Crippen molar-refractivity contribution >= 4 is 57.6 Å². The van der Waals surface area contributed by atoms with E-state index in [9.17, 15) is 9.90 Å². The third-order valence-corrected chi connectivity index (χ3v) is 8.44. The second-order valence-corrected chi connectivity index (χ2v) is 10.8. The van der Waals surface area contributed by atoms with Crippen LogP contribution in [-0.4, -0.2) is 9.67 Å². The SMILES string of the molecule is O=c1/c(=C/c2cc(Cl)cc(Cl)c2O)sc2n1C(c1cccs1)C1=C(N=2)c2ccccc2CC1. The summed E-state index contributed by atoms with van der Waals surface area (Å²) in [6.45, 7) is 0. The number of aromatic hydroxyl groups is 1. The molecule has 0 amide bonds. The summed E-state index contributed by atoms with van der Waals surface area (Å²) >= 11 is 15.2. The molecule has 0 fully saturated rings. The topological polar surface area (TPSA) is 54.6 Å². The van der Waals surface area contributed by atoms with Crippen LogP contribution in [0.5, 0.6) is 5.75 Å². The average molecular weight is 511 g/mol. The largest absolute Gasteiger partial charge is 0.506 e. The van der Waals surface area contributed by atoms with Crippen molar-refractivity contribution in [3.8, 4) is 5.75 Å².